The highest BCUT2D eigenvalue weighted by atomic mass is 16.5. The third-order valence-electron chi connectivity index (χ3n) is 3.28. The monoisotopic (exact) mass is 301 g/mol. The molecule has 0 heterocycles. The van der Waals surface area contributed by atoms with Gasteiger partial charge in [0.15, 0.2) is 6.61 Å². The number of benzene rings is 2. The molecular formula is C17H19NO4. The molecule has 22 heavy (non-hydrogen) atoms. The molecule has 0 spiro atoms. The number of hydrogen-bond acceptors (Lipinski definition) is 3. The Bertz CT molecular complexity index is 663. The van der Waals surface area contributed by atoms with Crippen LogP contribution in [0.4, 0.5) is 0 Å². The Balaban J connectivity index is 1.87. The molecule has 5 heteroatoms. The van der Waals surface area contributed by atoms with Crippen LogP contribution in [0, 0.1) is 5.92 Å². The number of aliphatic carboxylic acids is 1. The molecule has 0 saturated carbocycles. The SMILES string of the molecule is CC(CNC(=O)COc1cccc2ccccc12)CC(=O)O. The van der Waals surface area contributed by atoms with Crippen LogP contribution in [0.15, 0.2) is 42.5 Å². The first-order valence-corrected chi connectivity index (χ1v) is 7.15. The van der Waals surface area contributed by atoms with E-state index in [1.165, 1.54) is 0 Å². The van der Waals surface area contributed by atoms with Gasteiger partial charge >= 0.3 is 5.97 Å². The number of ether oxygens (including phenoxy) is 1. The average molecular weight is 301 g/mol. The number of carboxylic acid groups (broad SMARTS) is 1. The van der Waals surface area contributed by atoms with Gasteiger partial charge in [-0.05, 0) is 17.4 Å². The standard InChI is InChI=1S/C17H19NO4/c1-12(9-17(20)21)10-18-16(19)11-22-15-8-4-6-13-5-2-3-7-14(13)15/h2-8,12H,9-11H2,1H3,(H,18,19)(H,20,21). The molecule has 2 rings (SSSR count). The predicted molar refractivity (Wildman–Crippen MR) is 83.9 cm³/mol. The summed E-state index contributed by atoms with van der Waals surface area (Å²) in [6.07, 6.45) is 0.0322. The van der Waals surface area contributed by atoms with E-state index >= 15 is 0 Å². The number of rotatable bonds is 7. The van der Waals surface area contributed by atoms with Gasteiger partial charge in [0.25, 0.3) is 5.91 Å². The van der Waals surface area contributed by atoms with Crippen molar-refractivity contribution in [2.45, 2.75) is 13.3 Å². The second kappa shape index (κ2) is 7.45. The molecule has 2 aromatic rings. The van der Waals surface area contributed by atoms with Crippen molar-refractivity contribution >= 4 is 22.6 Å². The number of hydrogen-bond donors (Lipinski definition) is 2. The van der Waals surface area contributed by atoms with Gasteiger partial charge in [-0.1, -0.05) is 43.3 Å². The van der Waals surface area contributed by atoms with Gasteiger partial charge < -0.3 is 15.2 Å². The van der Waals surface area contributed by atoms with E-state index in [9.17, 15) is 9.59 Å². The lowest BCUT2D eigenvalue weighted by atomic mass is 10.1. The minimum absolute atomic E-state index is 0.0322. The molecule has 2 aromatic carbocycles. The Kier molecular flexibility index (Phi) is 5.36. The number of carbonyl (C=O) groups is 2. The Morgan fingerprint density at radius 1 is 1.18 bits per heavy atom. The molecule has 0 bridgehead atoms. The molecule has 0 aliphatic heterocycles. The van der Waals surface area contributed by atoms with Gasteiger partial charge in [0.2, 0.25) is 0 Å². The third kappa shape index (κ3) is 4.48. The highest BCUT2D eigenvalue weighted by Gasteiger charge is 2.10. The number of fused-ring (bicyclic) bond motifs is 1. The van der Waals surface area contributed by atoms with Crippen LogP contribution in [0.5, 0.6) is 5.75 Å². The van der Waals surface area contributed by atoms with Crippen molar-refractivity contribution in [3.63, 3.8) is 0 Å². The quantitative estimate of drug-likeness (QED) is 0.823. The number of carboxylic acids is 1. The molecule has 0 aliphatic rings. The van der Waals surface area contributed by atoms with Crippen LogP contribution in [0.3, 0.4) is 0 Å². The lowest BCUT2D eigenvalue weighted by Crippen LogP contribution is -2.33. The van der Waals surface area contributed by atoms with Crippen molar-refractivity contribution in [2.24, 2.45) is 5.92 Å². The normalized spacial score (nSPS) is 11.9. The Morgan fingerprint density at radius 3 is 2.68 bits per heavy atom. The summed E-state index contributed by atoms with van der Waals surface area (Å²) in [6.45, 7) is 2.01. The first-order valence-electron chi connectivity index (χ1n) is 7.15. The zero-order valence-electron chi connectivity index (χ0n) is 12.4. The Hall–Kier alpha value is -2.56. The molecule has 1 atom stereocenters. The van der Waals surface area contributed by atoms with Crippen LogP contribution in [0.25, 0.3) is 10.8 Å². The van der Waals surface area contributed by atoms with Crippen molar-refractivity contribution in [3.8, 4) is 5.75 Å². The van der Waals surface area contributed by atoms with Gasteiger partial charge in [-0.2, -0.15) is 0 Å². The maximum Gasteiger partial charge on any atom is 0.303 e. The summed E-state index contributed by atoms with van der Waals surface area (Å²) < 4.78 is 5.57. The van der Waals surface area contributed by atoms with E-state index in [4.69, 9.17) is 9.84 Å². The molecule has 1 amide bonds. The Morgan fingerprint density at radius 2 is 1.91 bits per heavy atom. The van der Waals surface area contributed by atoms with Gasteiger partial charge in [-0.3, -0.25) is 9.59 Å². The lowest BCUT2D eigenvalue weighted by Gasteiger charge is -2.12. The fraction of sp³-hybridized carbons (Fsp3) is 0.294. The van der Waals surface area contributed by atoms with E-state index < -0.39 is 5.97 Å². The van der Waals surface area contributed by atoms with Crippen LogP contribution in [0.1, 0.15) is 13.3 Å². The van der Waals surface area contributed by atoms with E-state index in [-0.39, 0.29) is 24.9 Å². The molecule has 0 fully saturated rings. The summed E-state index contributed by atoms with van der Waals surface area (Å²) in [7, 11) is 0. The van der Waals surface area contributed by atoms with E-state index in [1.807, 2.05) is 42.5 Å². The highest BCUT2D eigenvalue weighted by Crippen LogP contribution is 2.24. The lowest BCUT2D eigenvalue weighted by molar-refractivity contribution is -0.138. The van der Waals surface area contributed by atoms with Crippen LogP contribution in [-0.4, -0.2) is 30.1 Å². The van der Waals surface area contributed by atoms with Crippen LogP contribution >= 0.6 is 0 Å². The molecule has 0 saturated heterocycles. The van der Waals surface area contributed by atoms with E-state index in [0.717, 1.165) is 10.8 Å². The first-order chi connectivity index (χ1) is 10.6. The smallest absolute Gasteiger partial charge is 0.303 e. The molecular weight excluding hydrogens is 282 g/mol. The van der Waals surface area contributed by atoms with Crippen LogP contribution in [-0.2, 0) is 9.59 Å². The summed E-state index contributed by atoms with van der Waals surface area (Å²) in [4.78, 5) is 22.3. The van der Waals surface area contributed by atoms with Crippen molar-refractivity contribution in [3.05, 3.63) is 42.5 Å². The molecule has 5 nitrogen and oxygen atoms in total. The zero-order valence-corrected chi connectivity index (χ0v) is 12.4. The number of nitrogens with one attached hydrogen (secondary N) is 1. The summed E-state index contributed by atoms with van der Waals surface area (Å²) >= 11 is 0. The fourth-order valence-electron chi connectivity index (χ4n) is 2.17. The third-order valence-corrected chi connectivity index (χ3v) is 3.28. The highest BCUT2D eigenvalue weighted by molar-refractivity contribution is 5.88. The topological polar surface area (TPSA) is 75.6 Å². The van der Waals surface area contributed by atoms with E-state index in [1.54, 1.807) is 6.92 Å². The second-order valence-electron chi connectivity index (χ2n) is 5.27. The van der Waals surface area contributed by atoms with Gasteiger partial charge in [-0.25, -0.2) is 0 Å². The number of carbonyl (C=O) groups excluding carboxylic acids is 1. The fourth-order valence-corrected chi connectivity index (χ4v) is 2.17. The molecule has 0 aromatic heterocycles. The molecule has 0 aliphatic carbocycles. The van der Waals surface area contributed by atoms with Gasteiger partial charge in [-0.15, -0.1) is 0 Å². The summed E-state index contributed by atoms with van der Waals surface area (Å²) in [5.74, 6) is -0.579. The van der Waals surface area contributed by atoms with Gasteiger partial charge in [0.1, 0.15) is 5.75 Å². The molecule has 2 N–H and O–H groups in total. The molecule has 0 radical (unpaired) electrons. The van der Waals surface area contributed by atoms with Crippen LogP contribution < -0.4 is 10.1 Å². The minimum atomic E-state index is -0.867. The predicted octanol–water partition coefficient (Wildman–Crippen LogP) is 2.45. The molecule has 116 valence electrons. The first kappa shape index (κ1) is 15.8. The number of amides is 1. The van der Waals surface area contributed by atoms with Gasteiger partial charge in [0.05, 0.1) is 0 Å². The second-order valence-corrected chi connectivity index (χ2v) is 5.27. The van der Waals surface area contributed by atoms with Crippen molar-refractivity contribution in [2.75, 3.05) is 13.2 Å². The van der Waals surface area contributed by atoms with Crippen molar-refractivity contribution in [1.29, 1.82) is 0 Å². The zero-order chi connectivity index (χ0) is 15.9. The molecule has 1 unspecified atom stereocenters. The summed E-state index contributed by atoms with van der Waals surface area (Å²) in [5, 5.41) is 13.4. The van der Waals surface area contributed by atoms with Crippen molar-refractivity contribution in [1.82, 2.24) is 5.32 Å². The summed E-state index contributed by atoms with van der Waals surface area (Å²) in [6, 6.07) is 13.5. The average Bonchev–Trinajstić information content (AvgIpc) is 2.50. The van der Waals surface area contributed by atoms with Crippen LogP contribution in [0.2, 0.25) is 0 Å². The summed E-state index contributed by atoms with van der Waals surface area (Å²) in [5.41, 5.74) is 0. The maximum atomic E-state index is 11.8. The van der Waals surface area contributed by atoms with E-state index in [0.29, 0.717) is 12.3 Å². The minimum Gasteiger partial charge on any atom is -0.483 e. The van der Waals surface area contributed by atoms with Crippen molar-refractivity contribution < 1.29 is 19.4 Å². The van der Waals surface area contributed by atoms with E-state index in [2.05, 4.69) is 5.32 Å². The maximum absolute atomic E-state index is 11.8. The van der Waals surface area contributed by atoms with Gasteiger partial charge in [0, 0.05) is 18.4 Å². The Labute approximate surface area is 128 Å². The largest absolute Gasteiger partial charge is 0.483 e.